The number of aromatic nitrogens is 2. The van der Waals surface area contributed by atoms with Crippen molar-refractivity contribution in [3.05, 3.63) is 11.9 Å². The lowest BCUT2D eigenvalue weighted by atomic mass is 9.81. The Morgan fingerprint density at radius 2 is 1.70 bits per heavy atom. The minimum Gasteiger partial charge on any atom is -0.370 e. The summed E-state index contributed by atoms with van der Waals surface area (Å²) in [6.07, 6.45) is 1.98. The Morgan fingerprint density at radius 3 is 2.20 bits per heavy atom. The summed E-state index contributed by atoms with van der Waals surface area (Å²) in [7, 11) is 0. The molecule has 0 unspecified atom stereocenters. The van der Waals surface area contributed by atoms with Gasteiger partial charge in [-0.1, -0.05) is 34.6 Å². The first-order chi connectivity index (χ1) is 9.39. The highest BCUT2D eigenvalue weighted by Gasteiger charge is 2.22. The lowest BCUT2D eigenvalue weighted by Gasteiger charge is -2.29. The van der Waals surface area contributed by atoms with Crippen molar-refractivity contribution >= 4 is 11.6 Å². The first-order valence-electron chi connectivity index (χ1n) is 7.74. The third-order valence-corrected chi connectivity index (χ3v) is 3.89. The smallest absolute Gasteiger partial charge is 0.133 e. The van der Waals surface area contributed by atoms with Crippen LogP contribution in [0.15, 0.2) is 6.07 Å². The molecular formula is C16H30N4. The van der Waals surface area contributed by atoms with Crippen LogP contribution in [0.25, 0.3) is 0 Å². The molecule has 0 saturated carbocycles. The van der Waals surface area contributed by atoms with Gasteiger partial charge in [-0.05, 0) is 24.7 Å². The summed E-state index contributed by atoms with van der Waals surface area (Å²) in [5, 5.41) is 6.75. The summed E-state index contributed by atoms with van der Waals surface area (Å²) < 4.78 is 0. The molecule has 4 heteroatoms. The van der Waals surface area contributed by atoms with Gasteiger partial charge < -0.3 is 10.6 Å². The molecule has 0 aromatic carbocycles. The van der Waals surface area contributed by atoms with Crippen molar-refractivity contribution in [1.82, 2.24) is 9.97 Å². The molecule has 0 fully saturated rings. The lowest BCUT2D eigenvalue weighted by molar-refractivity contribution is 0.269. The number of rotatable bonds is 8. The van der Waals surface area contributed by atoms with Crippen LogP contribution in [-0.4, -0.2) is 23.1 Å². The van der Waals surface area contributed by atoms with Gasteiger partial charge in [0.2, 0.25) is 0 Å². The fourth-order valence-electron chi connectivity index (χ4n) is 1.72. The quantitative estimate of drug-likeness (QED) is 0.756. The molecule has 4 nitrogen and oxygen atoms in total. The van der Waals surface area contributed by atoms with E-state index in [4.69, 9.17) is 0 Å². The van der Waals surface area contributed by atoms with Crippen LogP contribution in [0.2, 0.25) is 0 Å². The molecule has 114 valence electrons. The molecule has 0 radical (unpaired) electrons. The van der Waals surface area contributed by atoms with Gasteiger partial charge in [0, 0.05) is 25.6 Å². The van der Waals surface area contributed by atoms with Crippen molar-refractivity contribution in [2.45, 2.75) is 54.4 Å². The standard InChI is InChI=1S/C16H30N4/c1-7-9-13-19-14(17-8-2)10-15(20-13)18-11-16(5,6)12(3)4/h10,12H,7-9,11H2,1-6H3,(H2,17,18,19,20). The van der Waals surface area contributed by atoms with Crippen LogP contribution in [0.4, 0.5) is 11.6 Å². The molecule has 1 aromatic heterocycles. The van der Waals surface area contributed by atoms with E-state index >= 15 is 0 Å². The molecule has 1 heterocycles. The topological polar surface area (TPSA) is 49.8 Å². The Kier molecular flexibility index (Phi) is 6.24. The highest BCUT2D eigenvalue weighted by Crippen LogP contribution is 2.26. The van der Waals surface area contributed by atoms with Gasteiger partial charge >= 0.3 is 0 Å². The van der Waals surface area contributed by atoms with Gasteiger partial charge in [-0.15, -0.1) is 0 Å². The van der Waals surface area contributed by atoms with E-state index in [1.807, 2.05) is 6.07 Å². The van der Waals surface area contributed by atoms with E-state index in [9.17, 15) is 0 Å². The van der Waals surface area contributed by atoms with Crippen LogP contribution >= 0.6 is 0 Å². The van der Waals surface area contributed by atoms with Crippen LogP contribution in [0.3, 0.4) is 0 Å². The maximum absolute atomic E-state index is 4.61. The largest absolute Gasteiger partial charge is 0.370 e. The van der Waals surface area contributed by atoms with Crippen LogP contribution < -0.4 is 10.6 Å². The SMILES string of the molecule is CCCc1nc(NCC)cc(NCC(C)(C)C(C)C)n1. The van der Waals surface area contributed by atoms with Gasteiger partial charge in [-0.25, -0.2) is 9.97 Å². The van der Waals surface area contributed by atoms with Crippen molar-refractivity contribution in [2.75, 3.05) is 23.7 Å². The lowest BCUT2D eigenvalue weighted by Crippen LogP contribution is -2.29. The molecule has 0 bridgehead atoms. The van der Waals surface area contributed by atoms with Crippen LogP contribution in [0.5, 0.6) is 0 Å². The van der Waals surface area contributed by atoms with Gasteiger partial charge in [0.1, 0.15) is 17.5 Å². The first kappa shape index (κ1) is 16.7. The van der Waals surface area contributed by atoms with Crippen molar-refractivity contribution in [2.24, 2.45) is 11.3 Å². The number of aryl methyl sites for hydroxylation is 1. The Labute approximate surface area is 123 Å². The second kappa shape index (κ2) is 7.46. The van der Waals surface area contributed by atoms with Crippen LogP contribution in [-0.2, 0) is 6.42 Å². The summed E-state index contributed by atoms with van der Waals surface area (Å²) in [6.45, 7) is 15.1. The Morgan fingerprint density at radius 1 is 1.10 bits per heavy atom. The summed E-state index contributed by atoms with van der Waals surface area (Å²) in [6, 6.07) is 2.00. The summed E-state index contributed by atoms with van der Waals surface area (Å²) in [4.78, 5) is 9.14. The van der Waals surface area contributed by atoms with E-state index in [-0.39, 0.29) is 5.41 Å². The third-order valence-electron chi connectivity index (χ3n) is 3.89. The highest BCUT2D eigenvalue weighted by atomic mass is 15.1. The van der Waals surface area contributed by atoms with E-state index in [0.717, 1.165) is 43.4 Å². The second-order valence-electron chi connectivity index (χ2n) is 6.33. The van der Waals surface area contributed by atoms with E-state index < -0.39 is 0 Å². The molecule has 0 amide bonds. The molecule has 0 saturated heterocycles. The van der Waals surface area contributed by atoms with Gasteiger partial charge in [-0.3, -0.25) is 0 Å². The molecule has 0 aliphatic rings. The zero-order valence-corrected chi connectivity index (χ0v) is 13.9. The Balaban J connectivity index is 2.82. The number of nitrogens with zero attached hydrogens (tertiary/aromatic N) is 2. The number of nitrogens with one attached hydrogen (secondary N) is 2. The maximum atomic E-state index is 4.61. The Hall–Kier alpha value is -1.32. The number of hydrogen-bond acceptors (Lipinski definition) is 4. The molecule has 0 atom stereocenters. The summed E-state index contributed by atoms with van der Waals surface area (Å²) >= 11 is 0. The van der Waals surface area contributed by atoms with Gasteiger partial charge in [0.05, 0.1) is 0 Å². The minimum atomic E-state index is 0.244. The highest BCUT2D eigenvalue weighted by molar-refractivity contribution is 5.47. The molecule has 0 aliphatic heterocycles. The van der Waals surface area contributed by atoms with E-state index in [1.165, 1.54) is 0 Å². The molecular weight excluding hydrogens is 248 g/mol. The van der Waals surface area contributed by atoms with E-state index in [1.54, 1.807) is 0 Å². The molecule has 0 aliphatic carbocycles. The average Bonchev–Trinajstić information content (AvgIpc) is 2.37. The molecule has 20 heavy (non-hydrogen) atoms. The fourth-order valence-corrected chi connectivity index (χ4v) is 1.72. The van der Waals surface area contributed by atoms with Crippen molar-refractivity contribution in [3.63, 3.8) is 0 Å². The third kappa shape index (κ3) is 4.99. The predicted molar refractivity (Wildman–Crippen MR) is 87.3 cm³/mol. The monoisotopic (exact) mass is 278 g/mol. The maximum Gasteiger partial charge on any atom is 0.133 e. The van der Waals surface area contributed by atoms with Gasteiger partial charge in [0.25, 0.3) is 0 Å². The Bertz CT molecular complexity index is 389. The summed E-state index contributed by atoms with van der Waals surface area (Å²) in [5.74, 6) is 3.37. The number of anilines is 2. The number of hydrogen-bond donors (Lipinski definition) is 2. The van der Waals surface area contributed by atoms with Crippen molar-refractivity contribution < 1.29 is 0 Å². The van der Waals surface area contributed by atoms with Crippen LogP contribution in [0, 0.1) is 11.3 Å². The second-order valence-corrected chi connectivity index (χ2v) is 6.33. The fraction of sp³-hybridized carbons (Fsp3) is 0.750. The van der Waals surface area contributed by atoms with Crippen molar-refractivity contribution in [1.29, 1.82) is 0 Å². The van der Waals surface area contributed by atoms with Crippen LogP contribution in [0.1, 0.15) is 53.8 Å². The minimum absolute atomic E-state index is 0.244. The molecule has 1 rings (SSSR count). The molecule has 0 spiro atoms. The molecule has 1 aromatic rings. The van der Waals surface area contributed by atoms with Crippen molar-refractivity contribution in [3.8, 4) is 0 Å². The zero-order chi connectivity index (χ0) is 15.2. The van der Waals surface area contributed by atoms with Gasteiger partial charge in [0.15, 0.2) is 0 Å². The predicted octanol–water partition coefficient (Wildman–Crippen LogP) is 3.96. The molecule has 2 N–H and O–H groups in total. The average molecular weight is 278 g/mol. The normalized spacial score (nSPS) is 11.8. The zero-order valence-electron chi connectivity index (χ0n) is 13.9. The summed E-state index contributed by atoms with van der Waals surface area (Å²) in [5.41, 5.74) is 0.244. The van der Waals surface area contributed by atoms with E-state index in [0.29, 0.717) is 5.92 Å². The first-order valence-corrected chi connectivity index (χ1v) is 7.74. The van der Waals surface area contributed by atoms with E-state index in [2.05, 4.69) is 62.1 Å². The van der Waals surface area contributed by atoms with Gasteiger partial charge in [-0.2, -0.15) is 0 Å².